The SMILES string of the molecule is CCCS(=O)Cc1cccc(CN)c1. The molecule has 78 valence electrons. The monoisotopic (exact) mass is 211 g/mol. The van der Waals surface area contributed by atoms with Crippen molar-refractivity contribution in [2.75, 3.05) is 5.75 Å². The molecule has 2 N–H and O–H groups in total. The average Bonchev–Trinajstić information content (AvgIpc) is 2.18. The minimum absolute atomic E-state index is 0.550. The highest BCUT2D eigenvalue weighted by Gasteiger charge is 2.00. The van der Waals surface area contributed by atoms with Crippen molar-refractivity contribution in [2.45, 2.75) is 25.6 Å². The minimum Gasteiger partial charge on any atom is -0.326 e. The molecule has 0 aliphatic heterocycles. The standard InChI is InChI=1S/C11H17NOS/c1-2-6-14(13)9-11-5-3-4-10(7-11)8-12/h3-5,7H,2,6,8-9,12H2,1H3. The highest BCUT2D eigenvalue weighted by atomic mass is 32.2. The maximum Gasteiger partial charge on any atom is 0.0485 e. The van der Waals surface area contributed by atoms with Crippen LogP contribution in [0.4, 0.5) is 0 Å². The van der Waals surface area contributed by atoms with Gasteiger partial charge in [-0.05, 0) is 17.5 Å². The first kappa shape index (κ1) is 11.4. The van der Waals surface area contributed by atoms with Gasteiger partial charge in [-0.25, -0.2) is 0 Å². The zero-order chi connectivity index (χ0) is 10.4. The zero-order valence-electron chi connectivity index (χ0n) is 8.53. The minimum atomic E-state index is -0.722. The maximum atomic E-state index is 11.5. The van der Waals surface area contributed by atoms with Gasteiger partial charge in [-0.3, -0.25) is 4.21 Å². The van der Waals surface area contributed by atoms with Gasteiger partial charge in [0.05, 0.1) is 0 Å². The van der Waals surface area contributed by atoms with E-state index in [9.17, 15) is 4.21 Å². The van der Waals surface area contributed by atoms with Crippen molar-refractivity contribution < 1.29 is 4.21 Å². The first-order chi connectivity index (χ1) is 6.76. The molecule has 2 nitrogen and oxygen atoms in total. The van der Waals surface area contributed by atoms with Crippen LogP contribution in [0.3, 0.4) is 0 Å². The van der Waals surface area contributed by atoms with Crippen molar-refractivity contribution >= 4 is 10.8 Å². The predicted molar refractivity (Wildman–Crippen MR) is 61.3 cm³/mol. The van der Waals surface area contributed by atoms with Crippen LogP contribution in [0.5, 0.6) is 0 Å². The van der Waals surface area contributed by atoms with Gasteiger partial charge in [0.25, 0.3) is 0 Å². The molecule has 1 atom stereocenters. The van der Waals surface area contributed by atoms with Gasteiger partial charge >= 0.3 is 0 Å². The van der Waals surface area contributed by atoms with Crippen LogP contribution < -0.4 is 5.73 Å². The molecule has 0 saturated carbocycles. The van der Waals surface area contributed by atoms with Crippen molar-refractivity contribution in [1.82, 2.24) is 0 Å². The Morgan fingerprint density at radius 1 is 1.36 bits per heavy atom. The van der Waals surface area contributed by atoms with Gasteiger partial charge in [0.1, 0.15) is 0 Å². The van der Waals surface area contributed by atoms with E-state index in [0.29, 0.717) is 12.3 Å². The average molecular weight is 211 g/mol. The zero-order valence-corrected chi connectivity index (χ0v) is 9.35. The smallest absolute Gasteiger partial charge is 0.0485 e. The molecule has 0 aliphatic rings. The van der Waals surface area contributed by atoms with Crippen LogP contribution >= 0.6 is 0 Å². The van der Waals surface area contributed by atoms with E-state index < -0.39 is 10.8 Å². The third-order valence-electron chi connectivity index (χ3n) is 1.99. The van der Waals surface area contributed by atoms with Crippen LogP contribution in [0.15, 0.2) is 24.3 Å². The molecule has 0 saturated heterocycles. The molecule has 0 aromatic heterocycles. The predicted octanol–water partition coefficient (Wildman–Crippen LogP) is 1.80. The number of rotatable bonds is 5. The van der Waals surface area contributed by atoms with Crippen LogP contribution in [0, 0.1) is 0 Å². The second-order valence-electron chi connectivity index (χ2n) is 3.31. The van der Waals surface area contributed by atoms with Gasteiger partial charge in [0.2, 0.25) is 0 Å². The topological polar surface area (TPSA) is 43.1 Å². The Bertz CT molecular complexity index is 312. The molecule has 0 heterocycles. The fourth-order valence-corrected chi connectivity index (χ4v) is 2.48. The normalized spacial score (nSPS) is 12.7. The summed E-state index contributed by atoms with van der Waals surface area (Å²) in [5.41, 5.74) is 7.76. The van der Waals surface area contributed by atoms with Gasteiger partial charge in [-0.15, -0.1) is 0 Å². The molecule has 0 fully saturated rings. The van der Waals surface area contributed by atoms with Gasteiger partial charge in [0.15, 0.2) is 0 Å². The van der Waals surface area contributed by atoms with Gasteiger partial charge in [-0.2, -0.15) is 0 Å². The highest BCUT2D eigenvalue weighted by Crippen LogP contribution is 2.07. The molecule has 14 heavy (non-hydrogen) atoms. The quantitative estimate of drug-likeness (QED) is 0.807. The van der Waals surface area contributed by atoms with Crippen molar-refractivity contribution in [3.63, 3.8) is 0 Å². The van der Waals surface area contributed by atoms with Crippen LogP contribution in [0.1, 0.15) is 24.5 Å². The Labute approximate surface area is 88.0 Å². The number of hydrogen-bond donors (Lipinski definition) is 1. The Hall–Kier alpha value is -0.670. The lowest BCUT2D eigenvalue weighted by Gasteiger charge is -2.03. The molecule has 3 heteroatoms. The molecular formula is C11H17NOS. The lowest BCUT2D eigenvalue weighted by molar-refractivity contribution is 0.681. The summed E-state index contributed by atoms with van der Waals surface area (Å²) < 4.78 is 11.5. The summed E-state index contributed by atoms with van der Waals surface area (Å²) in [7, 11) is -0.722. The Morgan fingerprint density at radius 2 is 2.07 bits per heavy atom. The van der Waals surface area contributed by atoms with E-state index in [1.807, 2.05) is 31.2 Å². The molecular weight excluding hydrogens is 194 g/mol. The Morgan fingerprint density at radius 3 is 2.71 bits per heavy atom. The van der Waals surface area contributed by atoms with E-state index >= 15 is 0 Å². The summed E-state index contributed by atoms with van der Waals surface area (Å²) in [6.45, 7) is 2.60. The fraction of sp³-hybridized carbons (Fsp3) is 0.455. The van der Waals surface area contributed by atoms with E-state index in [0.717, 1.165) is 23.3 Å². The van der Waals surface area contributed by atoms with E-state index in [2.05, 4.69) is 0 Å². The van der Waals surface area contributed by atoms with Crippen LogP contribution in [-0.2, 0) is 23.1 Å². The largest absolute Gasteiger partial charge is 0.326 e. The first-order valence-electron chi connectivity index (χ1n) is 4.89. The highest BCUT2D eigenvalue weighted by molar-refractivity contribution is 7.84. The summed E-state index contributed by atoms with van der Waals surface area (Å²) in [5.74, 6) is 1.44. The molecule has 0 amide bonds. The molecule has 0 radical (unpaired) electrons. The number of hydrogen-bond acceptors (Lipinski definition) is 2. The van der Waals surface area contributed by atoms with E-state index in [1.165, 1.54) is 0 Å². The van der Waals surface area contributed by atoms with Gasteiger partial charge < -0.3 is 5.73 Å². The van der Waals surface area contributed by atoms with Crippen LogP contribution in [0.2, 0.25) is 0 Å². The first-order valence-corrected chi connectivity index (χ1v) is 6.38. The fourth-order valence-electron chi connectivity index (χ4n) is 1.33. The van der Waals surface area contributed by atoms with E-state index in [1.54, 1.807) is 0 Å². The molecule has 0 bridgehead atoms. The summed E-state index contributed by atoms with van der Waals surface area (Å²) >= 11 is 0. The molecule has 0 spiro atoms. The number of nitrogens with two attached hydrogens (primary N) is 1. The number of benzene rings is 1. The molecule has 1 unspecified atom stereocenters. The van der Waals surface area contributed by atoms with E-state index in [4.69, 9.17) is 5.73 Å². The molecule has 1 aromatic carbocycles. The summed E-state index contributed by atoms with van der Waals surface area (Å²) in [4.78, 5) is 0. The lowest BCUT2D eigenvalue weighted by Crippen LogP contribution is -2.02. The van der Waals surface area contributed by atoms with Crippen molar-refractivity contribution in [3.8, 4) is 0 Å². The maximum absolute atomic E-state index is 11.5. The van der Waals surface area contributed by atoms with Gasteiger partial charge in [-0.1, -0.05) is 31.2 Å². The van der Waals surface area contributed by atoms with Crippen molar-refractivity contribution in [2.24, 2.45) is 5.73 Å². The summed E-state index contributed by atoms with van der Waals surface area (Å²) in [6, 6.07) is 8.01. The van der Waals surface area contributed by atoms with Crippen LogP contribution in [-0.4, -0.2) is 9.96 Å². The molecule has 1 aromatic rings. The Kier molecular flexibility index (Phi) is 4.84. The molecule has 0 aliphatic carbocycles. The summed E-state index contributed by atoms with van der Waals surface area (Å²) in [6.07, 6.45) is 0.975. The second-order valence-corrected chi connectivity index (χ2v) is 4.89. The van der Waals surface area contributed by atoms with Crippen molar-refractivity contribution in [3.05, 3.63) is 35.4 Å². The van der Waals surface area contributed by atoms with Crippen molar-refractivity contribution in [1.29, 1.82) is 0 Å². The second kappa shape index (κ2) is 5.94. The van der Waals surface area contributed by atoms with Gasteiger partial charge in [0, 0.05) is 28.9 Å². The van der Waals surface area contributed by atoms with E-state index in [-0.39, 0.29) is 0 Å². The third kappa shape index (κ3) is 3.60. The molecule has 1 rings (SSSR count). The summed E-state index contributed by atoms with van der Waals surface area (Å²) in [5, 5.41) is 0. The Balaban J connectivity index is 2.62. The lowest BCUT2D eigenvalue weighted by atomic mass is 10.1. The van der Waals surface area contributed by atoms with Crippen LogP contribution in [0.25, 0.3) is 0 Å². The third-order valence-corrected chi connectivity index (χ3v) is 3.51.